The van der Waals surface area contributed by atoms with E-state index < -0.39 is 6.17 Å². The van der Waals surface area contributed by atoms with Gasteiger partial charge in [0.15, 0.2) is 6.17 Å². The molecule has 2 unspecified atom stereocenters. The Bertz CT molecular complexity index is 342. The highest BCUT2D eigenvalue weighted by molar-refractivity contribution is 5.21. The third-order valence-electron chi connectivity index (χ3n) is 2.85. The summed E-state index contributed by atoms with van der Waals surface area (Å²) >= 11 is 0. The highest BCUT2D eigenvalue weighted by atomic mass is 19.1. The molecule has 2 heterocycles. The molecule has 2 atom stereocenters. The lowest BCUT2D eigenvalue weighted by Gasteiger charge is -2.26. The van der Waals surface area contributed by atoms with Crippen LogP contribution >= 0.6 is 0 Å². The summed E-state index contributed by atoms with van der Waals surface area (Å²) in [6, 6.07) is -0.167. The first-order valence-corrected chi connectivity index (χ1v) is 5.55. The molecule has 0 saturated carbocycles. The monoisotopic (exact) mass is 225 g/mol. The number of rotatable bonds is 3. The Morgan fingerprint density at radius 1 is 1.44 bits per heavy atom. The minimum absolute atomic E-state index is 0.167. The molecule has 1 fully saturated rings. The van der Waals surface area contributed by atoms with Gasteiger partial charge in [-0.25, -0.2) is 9.37 Å². The molecule has 0 aromatic carbocycles. The van der Waals surface area contributed by atoms with Crippen LogP contribution in [-0.4, -0.2) is 29.7 Å². The fraction of sp³-hybridized carbons (Fsp3) is 0.636. The molecular weight excluding hydrogens is 209 g/mol. The third kappa shape index (κ3) is 2.29. The Hall–Kier alpha value is -1.23. The Balaban J connectivity index is 2.15. The van der Waals surface area contributed by atoms with Crippen LogP contribution in [0.2, 0.25) is 0 Å². The summed E-state index contributed by atoms with van der Waals surface area (Å²) in [6.45, 7) is 0.869. The van der Waals surface area contributed by atoms with Crippen LogP contribution in [0.5, 0.6) is 5.88 Å². The van der Waals surface area contributed by atoms with Gasteiger partial charge in [-0.15, -0.1) is 0 Å². The zero-order chi connectivity index (χ0) is 11.4. The molecular formula is C11H16FN3O. The van der Waals surface area contributed by atoms with Crippen molar-refractivity contribution in [2.75, 3.05) is 13.7 Å². The summed E-state index contributed by atoms with van der Waals surface area (Å²) in [7, 11) is 1.48. The van der Waals surface area contributed by atoms with Crippen molar-refractivity contribution in [2.45, 2.75) is 31.5 Å². The number of nitrogens with zero attached hydrogens (tertiary/aromatic N) is 2. The molecule has 0 aliphatic carbocycles. The van der Waals surface area contributed by atoms with E-state index >= 15 is 0 Å². The van der Waals surface area contributed by atoms with E-state index in [-0.39, 0.29) is 11.9 Å². The van der Waals surface area contributed by atoms with Gasteiger partial charge < -0.3 is 10.1 Å². The molecule has 0 amide bonds. The average molecular weight is 225 g/mol. The molecule has 5 heteroatoms. The van der Waals surface area contributed by atoms with Crippen molar-refractivity contribution >= 4 is 0 Å². The van der Waals surface area contributed by atoms with Gasteiger partial charge in [0.05, 0.1) is 7.11 Å². The van der Waals surface area contributed by atoms with Crippen molar-refractivity contribution in [3.05, 3.63) is 18.1 Å². The Kier molecular flexibility index (Phi) is 3.66. The Morgan fingerprint density at radius 3 is 2.94 bits per heavy atom. The average Bonchev–Trinajstić information content (AvgIpc) is 2.39. The van der Waals surface area contributed by atoms with Crippen LogP contribution in [0.4, 0.5) is 4.39 Å². The summed E-state index contributed by atoms with van der Waals surface area (Å²) in [4.78, 5) is 7.98. The molecule has 0 bridgehead atoms. The lowest BCUT2D eigenvalue weighted by molar-refractivity contribution is 0.209. The Morgan fingerprint density at radius 2 is 2.25 bits per heavy atom. The SMILES string of the molecule is COc1nccnc1C(F)C1CCCCN1. The van der Waals surface area contributed by atoms with Crippen LogP contribution in [-0.2, 0) is 0 Å². The number of alkyl halides is 1. The quantitative estimate of drug-likeness (QED) is 0.849. The second-order valence-corrected chi connectivity index (χ2v) is 3.91. The van der Waals surface area contributed by atoms with E-state index in [9.17, 15) is 4.39 Å². The van der Waals surface area contributed by atoms with E-state index in [4.69, 9.17) is 4.74 Å². The topological polar surface area (TPSA) is 47.0 Å². The van der Waals surface area contributed by atoms with Gasteiger partial charge in [-0.3, -0.25) is 4.98 Å². The molecule has 1 N–H and O–H groups in total. The largest absolute Gasteiger partial charge is 0.480 e. The van der Waals surface area contributed by atoms with Crippen molar-refractivity contribution in [1.29, 1.82) is 0 Å². The first-order chi connectivity index (χ1) is 7.83. The van der Waals surface area contributed by atoms with Crippen LogP contribution in [0.1, 0.15) is 31.1 Å². The van der Waals surface area contributed by atoms with Crippen LogP contribution < -0.4 is 10.1 Å². The van der Waals surface area contributed by atoms with E-state index in [1.54, 1.807) is 0 Å². The van der Waals surface area contributed by atoms with Gasteiger partial charge in [0, 0.05) is 18.4 Å². The third-order valence-corrected chi connectivity index (χ3v) is 2.85. The molecule has 1 aliphatic rings. The minimum Gasteiger partial charge on any atom is -0.480 e. The van der Waals surface area contributed by atoms with Gasteiger partial charge in [0.2, 0.25) is 5.88 Å². The molecule has 4 nitrogen and oxygen atoms in total. The van der Waals surface area contributed by atoms with E-state index in [1.807, 2.05) is 0 Å². The van der Waals surface area contributed by atoms with E-state index in [0.717, 1.165) is 25.8 Å². The first-order valence-electron chi connectivity index (χ1n) is 5.55. The van der Waals surface area contributed by atoms with Gasteiger partial charge in [-0.2, -0.15) is 0 Å². The van der Waals surface area contributed by atoms with Crippen LogP contribution in [0.25, 0.3) is 0 Å². The lowest BCUT2D eigenvalue weighted by atomic mass is 9.99. The zero-order valence-electron chi connectivity index (χ0n) is 9.32. The van der Waals surface area contributed by atoms with Gasteiger partial charge in [0.1, 0.15) is 5.69 Å². The number of piperidine rings is 1. The number of nitrogens with one attached hydrogen (secondary N) is 1. The van der Waals surface area contributed by atoms with Crippen molar-refractivity contribution < 1.29 is 9.13 Å². The van der Waals surface area contributed by atoms with Crippen LogP contribution in [0.3, 0.4) is 0 Å². The summed E-state index contributed by atoms with van der Waals surface area (Å²) in [6.07, 6.45) is 4.85. The predicted octanol–water partition coefficient (Wildman–Crippen LogP) is 1.64. The summed E-state index contributed by atoms with van der Waals surface area (Å²) in [5.41, 5.74) is 0.296. The van der Waals surface area contributed by atoms with Gasteiger partial charge in [0.25, 0.3) is 0 Å². The molecule has 1 aliphatic heterocycles. The van der Waals surface area contributed by atoms with Crippen molar-refractivity contribution in [3.63, 3.8) is 0 Å². The van der Waals surface area contributed by atoms with Gasteiger partial charge in [-0.1, -0.05) is 6.42 Å². The molecule has 2 rings (SSSR count). The number of methoxy groups -OCH3 is 1. The summed E-state index contributed by atoms with van der Waals surface area (Å²) in [5.74, 6) is 0.280. The molecule has 1 saturated heterocycles. The second-order valence-electron chi connectivity index (χ2n) is 3.91. The van der Waals surface area contributed by atoms with Crippen LogP contribution in [0, 0.1) is 0 Å². The maximum absolute atomic E-state index is 14.2. The summed E-state index contributed by atoms with van der Waals surface area (Å²) in [5, 5.41) is 3.17. The standard InChI is InChI=1S/C11H16FN3O/c1-16-11-10(14-6-7-15-11)9(12)8-4-2-3-5-13-8/h6-9,13H,2-5H2,1H3. The first kappa shape index (κ1) is 11.3. The maximum atomic E-state index is 14.2. The molecule has 16 heavy (non-hydrogen) atoms. The highest BCUT2D eigenvalue weighted by Gasteiger charge is 2.28. The lowest BCUT2D eigenvalue weighted by Crippen LogP contribution is -2.37. The predicted molar refractivity (Wildman–Crippen MR) is 58.1 cm³/mol. The normalized spacial score (nSPS) is 22.8. The molecule has 1 aromatic heterocycles. The van der Waals surface area contributed by atoms with Crippen molar-refractivity contribution in [2.24, 2.45) is 0 Å². The molecule has 1 aromatic rings. The smallest absolute Gasteiger partial charge is 0.238 e. The van der Waals surface area contributed by atoms with Crippen LogP contribution in [0.15, 0.2) is 12.4 Å². The number of halogens is 1. The van der Waals surface area contributed by atoms with Crippen molar-refractivity contribution in [3.8, 4) is 5.88 Å². The molecule has 88 valence electrons. The molecule has 0 spiro atoms. The van der Waals surface area contributed by atoms with E-state index in [2.05, 4.69) is 15.3 Å². The second kappa shape index (κ2) is 5.21. The zero-order valence-corrected chi connectivity index (χ0v) is 9.32. The Labute approximate surface area is 94.2 Å². The van der Waals surface area contributed by atoms with E-state index in [1.165, 1.54) is 19.5 Å². The maximum Gasteiger partial charge on any atom is 0.238 e. The minimum atomic E-state index is -1.15. The number of hydrogen-bond donors (Lipinski definition) is 1. The summed E-state index contributed by atoms with van der Waals surface area (Å²) < 4.78 is 19.2. The van der Waals surface area contributed by atoms with Gasteiger partial charge in [-0.05, 0) is 19.4 Å². The number of hydrogen-bond acceptors (Lipinski definition) is 4. The fourth-order valence-corrected chi connectivity index (χ4v) is 2.00. The fourth-order valence-electron chi connectivity index (χ4n) is 2.00. The number of ether oxygens (including phenoxy) is 1. The van der Waals surface area contributed by atoms with E-state index in [0.29, 0.717) is 5.69 Å². The highest BCUT2D eigenvalue weighted by Crippen LogP contribution is 2.29. The van der Waals surface area contributed by atoms with Gasteiger partial charge >= 0.3 is 0 Å². The van der Waals surface area contributed by atoms with Crippen molar-refractivity contribution in [1.82, 2.24) is 15.3 Å². The number of aromatic nitrogens is 2. The molecule has 0 radical (unpaired) electrons.